The van der Waals surface area contributed by atoms with Crippen LogP contribution in [0.15, 0.2) is 51.4 Å². The summed E-state index contributed by atoms with van der Waals surface area (Å²) < 4.78 is 15.3. The van der Waals surface area contributed by atoms with Gasteiger partial charge in [-0.1, -0.05) is 44.0 Å². The van der Waals surface area contributed by atoms with Crippen LogP contribution in [0.2, 0.25) is 0 Å². The fraction of sp³-hybridized carbons (Fsp3) is 0.143. The first-order valence-corrected chi connectivity index (χ1v) is 7.07. The second kappa shape index (κ2) is 5.95. The lowest BCUT2D eigenvalue weighted by Crippen LogP contribution is -2.17. The molecule has 0 aromatic heterocycles. The molecule has 0 aliphatic rings. The smallest absolute Gasteiger partial charge is 0.123 e. The SMILES string of the molecule is CNC(c1cccc(F)c1)c1cc(Br)cc(Br)c1. The van der Waals surface area contributed by atoms with Crippen LogP contribution in [0.25, 0.3) is 0 Å². The maximum absolute atomic E-state index is 13.3. The lowest BCUT2D eigenvalue weighted by Gasteiger charge is -2.18. The van der Waals surface area contributed by atoms with Gasteiger partial charge >= 0.3 is 0 Å². The van der Waals surface area contributed by atoms with Crippen LogP contribution >= 0.6 is 31.9 Å². The topological polar surface area (TPSA) is 12.0 Å². The lowest BCUT2D eigenvalue weighted by molar-refractivity contribution is 0.616. The van der Waals surface area contributed by atoms with Crippen LogP contribution in [0.4, 0.5) is 4.39 Å². The van der Waals surface area contributed by atoms with Gasteiger partial charge in [0, 0.05) is 8.95 Å². The first-order chi connectivity index (χ1) is 8.60. The number of nitrogens with one attached hydrogen (secondary N) is 1. The summed E-state index contributed by atoms with van der Waals surface area (Å²) in [5.74, 6) is -0.221. The molecule has 1 unspecified atom stereocenters. The van der Waals surface area contributed by atoms with Gasteiger partial charge in [0.2, 0.25) is 0 Å². The third-order valence-electron chi connectivity index (χ3n) is 2.69. The molecular weight excluding hydrogens is 361 g/mol. The molecule has 1 atom stereocenters. The van der Waals surface area contributed by atoms with Gasteiger partial charge in [-0.05, 0) is 48.5 Å². The van der Waals surface area contributed by atoms with Crippen LogP contribution in [0.5, 0.6) is 0 Å². The summed E-state index contributed by atoms with van der Waals surface area (Å²) in [5, 5.41) is 3.21. The molecule has 1 N–H and O–H groups in total. The summed E-state index contributed by atoms with van der Waals surface area (Å²) in [6.45, 7) is 0. The first-order valence-electron chi connectivity index (χ1n) is 5.49. The first kappa shape index (κ1) is 13.7. The van der Waals surface area contributed by atoms with E-state index in [9.17, 15) is 4.39 Å². The van der Waals surface area contributed by atoms with E-state index in [-0.39, 0.29) is 11.9 Å². The molecule has 0 saturated heterocycles. The third-order valence-corrected chi connectivity index (χ3v) is 3.60. The van der Waals surface area contributed by atoms with E-state index >= 15 is 0 Å². The van der Waals surface area contributed by atoms with Gasteiger partial charge in [-0.15, -0.1) is 0 Å². The monoisotopic (exact) mass is 371 g/mol. The zero-order valence-electron chi connectivity index (χ0n) is 9.75. The van der Waals surface area contributed by atoms with Gasteiger partial charge in [0.25, 0.3) is 0 Å². The molecule has 2 aromatic carbocycles. The number of benzene rings is 2. The standard InChI is InChI=1S/C14H12Br2FN/c1-18-14(9-3-2-4-13(17)7-9)10-5-11(15)8-12(16)6-10/h2-8,14,18H,1H3. The molecule has 0 aliphatic carbocycles. The third kappa shape index (κ3) is 3.19. The number of hydrogen-bond donors (Lipinski definition) is 1. The van der Waals surface area contributed by atoms with Crippen molar-refractivity contribution in [2.45, 2.75) is 6.04 Å². The summed E-state index contributed by atoms with van der Waals surface area (Å²) in [5.41, 5.74) is 1.98. The highest BCUT2D eigenvalue weighted by Gasteiger charge is 2.13. The zero-order valence-corrected chi connectivity index (χ0v) is 12.9. The fourth-order valence-corrected chi connectivity index (χ4v) is 3.28. The van der Waals surface area contributed by atoms with Crippen molar-refractivity contribution in [1.82, 2.24) is 5.32 Å². The lowest BCUT2D eigenvalue weighted by atomic mass is 9.99. The number of rotatable bonds is 3. The molecule has 0 aliphatic heterocycles. The maximum atomic E-state index is 13.3. The minimum Gasteiger partial charge on any atom is -0.309 e. The van der Waals surface area contributed by atoms with E-state index in [4.69, 9.17) is 0 Å². The van der Waals surface area contributed by atoms with Gasteiger partial charge in [-0.3, -0.25) is 0 Å². The van der Waals surface area contributed by atoms with Gasteiger partial charge < -0.3 is 5.32 Å². The average Bonchev–Trinajstić information content (AvgIpc) is 2.28. The van der Waals surface area contributed by atoms with E-state index < -0.39 is 0 Å². The molecule has 0 saturated carbocycles. The Hall–Kier alpha value is -0.710. The van der Waals surface area contributed by atoms with E-state index in [1.165, 1.54) is 6.07 Å². The van der Waals surface area contributed by atoms with Crippen LogP contribution in [0.3, 0.4) is 0 Å². The zero-order chi connectivity index (χ0) is 13.1. The predicted molar refractivity (Wildman–Crippen MR) is 79.1 cm³/mol. The van der Waals surface area contributed by atoms with Crippen LogP contribution < -0.4 is 5.32 Å². The second-order valence-corrected chi connectivity index (χ2v) is 5.81. The molecule has 18 heavy (non-hydrogen) atoms. The molecule has 2 aromatic rings. The molecule has 1 nitrogen and oxygen atoms in total. The van der Waals surface area contributed by atoms with E-state index in [0.29, 0.717) is 0 Å². The average molecular weight is 373 g/mol. The molecule has 0 bridgehead atoms. The Morgan fingerprint density at radius 1 is 1.00 bits per heavy atom. The second-order valence-electron chi connectivity index (χ2n) is 3.98. The highest BCUT2D eigenvalue weighted by Crippen LogP contribution is 2.28. The van der Waals surface area contributed by atoms with Crippen LogP contribution in [-0.2, 0) is 0 Å². The summed E-state index contributed by atoms with van der Waals surface area (Å²) in [6.07, 6.45) is 0. The Bertz CT molecular complexity index is 537. The van der Waals surface area contributed by atoms with E-state index in [1.54, 1.807) is 12.1 Å². The van der Waals surface area contributed by atoms with Crippen LogP contribution in [0, 0.1) is 5.82 Å². The summed E-state index contributed by atoms with van der Waals surface area (Å²) in [7, 11) is 1.87. The van der Waals surface area contributed by atoms with Crippen molar-refractivity contribution >= 4 is 31.9 Å². The molecule has 0 radical (unpaired) electrons. The van der Waals surface area contributed by atoms with E-state index in [0.717, 1.165) is 20.1 Å². The van der Waals surface area contributed by atoms with Crippen molar-refractivity contribution in [2.75, 3.05) is 7.05 Å². The van der Waals surface area contributed by atoms with Gasteiger partial charge in [-0.2, -0.15) is 0 Å². The molecular formula is C14H12Br2FN. The Balaban J connectivity index is 2.45. The minimum atomic E-state index is -0.221. The fourth-order valence-electron chi connectivity index (χ4n) is 1.95. The van der Waals surface area contributed by atoms with E-state index in [1.807, 2.05) is 31.3 Å². The molecule has 0 amide bonds. The predicted octanol–water partition coefficient (Wildman–Crippen LogP) is 4.66. The Kier molecular flexibility index (Phi) is 4.54. The van der Waals surface area contributed by atoms with E-state index in [2.05, 4.69) is 37.2 Å². The van der Waals surface area contributed by atoms with Crippen molar-refractivity contribution < 1.29 is 4.39 Å². The Morgan fingerprint density at radius 2 is 1.67 bits per heavy atom. The van der Waals surface area contributed by atoms with Crippen molar-refractivity contribution in [3.05, 3.63) is 68.4 Å². The van der Waals surface area contributed by atoms with Gasteiger partial charge in [0.15, 0.2) is 0 Å². The van der Waals surface area contributed by atoms with Crippen molar-refractivity contribution in [3.63, 3.8) is 0 Å². The van der Waals surface area contributed by atoms with Crippen molar-refractivity contribution in [2.24, 2.45) is 0 Å². The van der Waals surface area contributed by atoms with Crippen LogP contribution in [0.1, 0.15) is 17.2 Å². The molecule has 0 fully saturated rings. The Morgan fingerprint density at radius 3 is 2.22 bits per heavy atom. The number of halogens is 3. The summed E-state index contributed by atoms with van der Waals surface area (Å²) in [4.78, 5) is 0. The Labute approximate surface area is 123 Å². The van der Waals surface area contributed by atoms with Crippen LogP contribution in [-0.4, -0.2) is 7.05 Å². The largest absolute Gasteiger partial charge is 0.309 e. The van der Waals surface area contributed by atoms with Gasteiger partial charge in [0.1, 0.15) is 5.82 Å². The van der Waals surface area contributed by atoms with Crippen molar-refractivity contribution in [3.8, 4) is 0 Å². The highest BCUT2D eigenvalue weighted by molar-refractivity contribution is 9.11. The summed E-state index contributed by atoms with van der Waals surface area (Å²) in [6, 6.07) is 12.6. The minimum absolute atomic E-state index is 0.0329. The molecule has 0 spiro atoms. The summed E-state index contributed by atoms with van der Waals surface area (Å²) >= 11 is 6.93. The number of hydrogen-bond acceptors (Lipinski definition) is 1. The molecule has 2 rings (SSSR count). The molecule has 94 valence electrons. The van der Waals surface area contributed by atoms with Crippen molar-refractivity contribution in [1.29, 1.82) is 0 Å². The molecule has 4 heteroatoms. The quantitative estimate of drug-likeness (QED) is 0.826. The normalized spacial score (nSPS) is 12.4. The molecule has 0 heterocycles. The van der Waals surface area contributed by atoms with Gasteiger partial charge in [-0.25, -0.2) is 4.39 Å². The highest BCUT2D eigenvalue weighted by atomic mass is 79.9. The van der Waals surface area contributed by atoms with Gasteiger partial charge in [0.05, 0.1) is 6.04 Å². The maximum Gasteiger partial charge on any atom is 0.123 e.